The number of hydrogen-bond acceptors (Lipinski definition) is 1. The zero-order chi connectivity index (χ0) is 15.6. The van der Waals surface area contributed by atoms with E-state index >= 15 is 0 Å². The van der Waals surface area contributed by atoms with E-state index in [1.165, 1.54) is 0 Å². The van der Waals surface area contributed by atoms with Gasteiger partial charge in [-0.25, -0.2) is 8.78 Å². The van der Waals surface area contributed by atoms with E-state index in [1.54, 1.807) is 19.1 Å². The van der Waals surface area contributed by atoms with Gasteiger partial charge in [0.15, 0.2) is 11.6 Å². The molecule has 1 nitrogen and oxygen atoms in total. The van der Waals surface area contributed by atoms with E-state index in [9.17, 15) is 8.78 Å². The maximum absolute atomic E-state index is 14.3. The molecule has 0 aliphatic heterocycles. The van der Waals surface area contributed by atoms with Crippen molar-refractivity contribution >= 4 is 0 Å². The first-order chi connectivity index (χ1) is 9.90. The molecule has 0 saturated heterocycles. The van der Waals surface area contributed by atoms with Crippen molar-refractivity contribution in [2.75, 3.05) is 0 Å². The van der Waals surface area contributed by atoms with Gasteiger partial charge in [-0.05, 0) is 30.5 Å². The lowest BCUT2D eigenvalue weighted by atomic mass is 9.96. The Morgan fingerprint density at radius 2 is 1.67 bits per heavy atom. The van der Waals surface area contributed by atoms with Gasteiger partial charge in [0.05, 0.1) is 0 Å². The molecule has 0 heterocycles. The highest BCUT2D eigenvalue weighted by Crippen LogP contribution is 2.30. The van der Waals surface area contributed by atoms with Crippen LogP contribution >= 0.6 is 0 Å². The van der Waals surface area contributed by atoms with Crippen LogP contribution in [-0.2, 0) is 6.54 Å². The van der Waals surface area contributed by atoms with Crippen LogP contribution in [-0.4, -0.2) is 6.04 Å². The third kappa shape index (κ3) is 3.48. The molecule has 0 spiro atoms. The number of benzene rings is 2. The summed E-state index contributed by atoms with van der Waals surface area (Å²) in [5.74, 6) is -1.54. The predicted molar refractivity (Wildman–Crippen MR) is 83.2 cm³/mol. The minimum absolute atomic E-state index is 0.322. The number of aryl methyl sites for hydroxylation is 2. The van der Waals surface area contributed by atoms with Crippen LogP contribution in [0.1, 0.15) is 30.5 Å². The molecule has 0 bridgehead atoms. The molecule has 2 aromatic rings. The van der Waals surface area contributed by atoms with Gasteiger partial charge in [-0.2, -0.15) is 0 Å². The van der Waals surface area contributed by atoms with Gasteiger partial charge < -0.3 is 5.32 Å². The van der Waals surface area contributed by atoms with E-state index in [-0.39, 0.29) is 0 Å². The van der Waals surface area contributed by atoms with Gasteiger partial charge in [0.2, 0.25) is 0 Å². The SMILES string of the molecule is Cc1ccc(CNC(C)C)c(-c2ccc(C)c(F)c2F)c1. The number of rotatable bonds is 4. The summed E-state index contributed by atoms with van der Waals surface area (Å²) in [6.45, 7) is 8.26. The molecule has 3 heteroatoms. The van der Waals surface area contributed by atoms with E-state index in [4.69, 9.17) is 0 Å². The van der Waals surface area contributed by atoms with Gasteiger partial charge >= 0.3 is 0 Å². The number of nitrogens with one attached hydrogen (secondary N) is 1. The van der Waals surface area contributed by atoms with Crippen LogP contribution in [0, 0.1) is 25.5 Å². The average Bonchev–Trinajstić information content (AvgIpc) is 2.43. The fourth-order valence-corrected chi connectivity index (χ4v) is 2.26. The van der Waals surface area contributed by atoms with Crippen molar-refractivity contribution in [3.05, 3.63) is 58.7 Å². The van der Waals surface area contributed by atoms with Crippen molar-refractivity contribution in [2.24, 2.45) is 0 Å². The summed E-state index contributed by atoms with van der Waals surface area (Å²) in [5, 5.41) is 3.32. The Morgan fingerprint density at radius 1 is 0.952 bits per heavy atom. The maximum Gasteiger partial charge on any atom is 0.166 e. The minimum atomic E-state index is -0.772. The Morgan fingerprint density at radius 3 is 2.33 bits per heavy atom. The van der Waals surface area contributed by atoms with E-state index in [1.807, 2.05) is 25.1 Å². The van der Waals surface area contributed by atoms with E-state index in [0.717, 1.165) is 16.7 Å². The molecule has 0 fully saturated rings. The second-order valence-electron chi connectivity index (χ2n) is 5.75. The lowest BCUT2D eigenvalue weighted by Crippen LogP contribution is -2.22. The molecular formula is C18H21F2N. The molecular weight excluding hydrogens is 268 g/mol. The van der Waals surface area contributed by atoms with Gasteiger partial charge in [0, 0.05) is 18.2 Å². The van der Waals surface area contributed by atoms with Crippen molar-refractivity contribution in [1.29, 1.82) is 0 Å². The maximum atomic E-state index is 14.3. The van der Waals surface area contributed by atoms with Crippen LogP contribution in [0.5, 0.6) is 0 Å². The molecule has 0 amide bonds. The second-order valence-corrected chi connectivity index (χ2v) is 5.75. The third-order valence-corrected chi connectivity index (χ3v) is 3.53. The molecule has 2 rings (SSSR count). The summed E-state index contributed by atoms with van der Waals surface area (Å²) in [7, 11) is 0. The quantitative estimate of drug-likeness (QED) is 0.856. The monoisotopic (exact) mass is 289 g/mol. The molecule has 0 aromatic heterocycles. The van der Waals surface area contributed by atoms with Crippen LogP contribution in [0.3, 0.4) is 0 Å². The minimum Gasteiger partial charge on any atom is -0.310 e. The molecule has 0 aliphatic rings. The molecule has 112 valence electrons. The van der Waals surface area contributed by atoms with Gasteiger partial charge in [-0.15, -0.1) is 0 Å². The van der Waals surface area contributed by atoms with Gasteiger partial charge in [-0.3, -0.25) is 0 Å². The highest BCUT2D eigenvalue weighted by molar-refractivity contribution is 5.69. The van der Waals surface area contributed by atoms with Crippen LogP contribution in [0.15, 0.2) is 30.3 Å². The molecule has 0 aliphatic carbocycles. The first kappa shape index (κ1) is 15.6. The van der Waals surface area contributed by atoms with Crippen LogP contribution in [0.4, 0.5) is 8.78 Å². The zero-order valence-corrected chi connectivity index (χ0v) is 12.9. The molecule has 1 N–H and O–H groups in total. The summed E-state index contributed by atoms with van der Waals surface area (Å²) < 4.78 is 28.1. The normalized spacial score (nSPS) is 11.2. The Balaban J connectivity index is 2.52. The van der Waals surface area contributed by atoms with Crippen LogP contribution < -0.4 is 5.32 Å². The molecule has 2 aromatic carbocycles. The predicted octanol–water partition coefficient (Wildman–Crippen LogP) is 4.75. The number of halogens is 2. The summed E-state index contributed by atoms with van der Waals surface area (Å²) >= 11 is 0. The van der Waals surface area contributed by atoms with Crippen molar-refractivity contribution < 1.29 is 8.78 Å². The first-order valence-electron chi connectivity index (χ1n) is 7.18. The summed E-state index contributed by atoms with van der Waals surface area (Å²) in [6, 6.07) is 9.47. The fourth-order valence-electron chi connectivity index (χ4n) is 2.26. The van der Waals surface area contributed by atoms with E-state index < -0.39 is 11.6 Å². The smallest absolute Gasteiger partial charge is 0.166 e. The molecule has 0 unspecified atom stereocenters. The first-order valence-corrected chi connectivity index (χ1v) is 7.18. The summed E-state index contributed by atoms with van der Waals surface area (Å²) in [4.78, 5) is 0. The standard InChI is InChI=1S/C18H21F2N/c1-11(2)21-10-14-7-5-12(3)9-16(14)15-8-6-13(4)17(19)18(15)20/h5-9,11,21H,10H2,1-4H3. The zero-order valence-electron chi connectivity index (χ0n) is 12.9. The Labute approximate surface area is 125 Å². The van der Waals surface area contributed by atoms with Crippen molar-refractivity contribution in [2.45, 2.75) is 40.3 Å². The largest absolute Gasteiger partial charge is 0.310 e. The topological polar surface area (TPSA) is 12.0 Å². The third-order valence-electron chi connectivity index (χ3n) is 3.53. The highest BCUT2D eigenvalue weighted by Gasteiger charge is 2.15. The summed E-state index contributed by atoms with van der Waals surface area (Å²) in [6.07, 6.45) is 0. The summed E-state index contributed by atoms with van der Waals surface area (Å²) in [5.41, 5.74) is 3.39. The lowest BCUT2D eigenvalue weighted by molar-refractivity contribution is 0.505. The van der Waals surface area contributed by atoms with Gasteiger partial charge in [0.1, 0.15) is 0 Å². The van der Waals surface area contributed by atoms with Crippen molar-refractivity contribution in [1.82, 2.24) is 5.32 Å². The van der Waals surface area contributed by atoms with E-state index in [0.29, 0.717) is 23.7 Å². The molecule has 21 heavy (non-hydrogen) atoms. The molecule has 0 radical (unpaired) electrons. The average molecular weight is 289 g/mol. The molecule has 0 atom stereocenters. The second kappa shape index (κ2) is 6.35. The Bertz CT molecular complexity index is 648. The lowest BCUT2D eigenvalue weighted by Gasteiger charge is -2.15. The molecule has 0 saturated carbocycles. The fraction of sp³-hybridized carbons (Fsp3) is 0.333. The van der Waals surface area contributed by atoms with Gasteiger partial charge in [0.25, 0.3) is 0 Å². The van der Waals surface area contributed by atoms with E-state index in [2.05, 4.69) is 19.2 Å². The van der Waals surface area contributed by atoms with Gasteiger partial charge in [-0.1, -0.05) is 49.7 Å². The Hall–Kier alpha value is -1.74. The van der Waals surface area contributed by atoms with Crippen LogP contribution in [0.2, 0.25) is 0 Å². The van der Waals surface area contributed by atoms with Crippen molar-refractivity contribution in [3.63, 3.8) is 0 Å². The highest BCUT2D eigenvalue weighted by atomic mass is 19.2. The Kier molecular flexibility index (Phi) is 4.73. The van der Waals surface area contributed by atoms with Crippen LogP contribution in [0.25, 0.3) is 11.1 Å². The van der Waals surface area contributed by atoms with Crippen molar-refractivity contribution in [3.8, 4) is 11.1 Å². The number of hydrogen-bond donors (Lipinski definition) is 1.